The standard InChI is InChI=1S/C9H12ClNOS/c10-7-3-8(13-5-7)4-9(12)1-2-11-6-9/h3,5,11-12H,1-2,4,6H2. The van der Waals surface area contributed by atoms with E-state index in [1.165, 1.54) is 0 Å². The predicted octanol–water partition coefficient (Wildman–Crippen LogP) is 1.67. The van der Waals surface area contributed by atoms with Crippen molar-refractivity contribution >= 4 is 22.9 Å². The highest BCUT2D eigenvalue weighted by molar-refractivity contribution is 7.10. The molecular formula is C9H12ClNOS. The SMILES string of the molecule is OC1(Cc2cc(Cl)cs2)CCNC1. The number of rotatable bonds is 2. The van der Waals surface area contributed by atoms with Crippen LogP contribution in [0.25, 0.3) is 0 Å². The van der Waals surface area contributed by atoms with Crippen molar-refractivity contribution in [2.24, 2.45) is 0 Å². The summed E-state index contributed by atoms with van der Waals surface area (Å²) < 4.78 is 0. The maximum Gasteiger partial charge on any atom is 0.0831 e. The van der Waals surface area contributed by atoms with Gasteiger partial charge in [0.15, 0.2) is 0 Å². The van der Waals surface area contributed by atoms with E-state index in [4.69, 9.17) is 11.6 Å². The lowest BCUT2D eigenvalue weighted by Gasteiger charge is -2.19. The van der Waals surface area contributed by atoms with E-state index in [9.17, 15) is 5.11 Å². The van der Waals surface area contributed by atoms with Crippen LogP contribution < -0.4 is 5.32 Å². The van der Waals surface area contributed by atoms with E-state index in [0.717, 1.165) is 29.3 Å². The Bertz CT molecular complexity index is 294. The summed E-state index contributed by atoms with van der Waals surface area (Å²) in [6.45, 7) is 1.61. The predicted molar refractivity (Wildman–Crippen MR) is 55.5 cm³/mol. The molecule has 4 heteroatoms. The van der Waals surface area contributed by atoms with Gasteiger partial charge in [0.25, 0.3) is 0 Å². The maximum atomic E-state index is 10.1. The highest BCUT2D eigenvalue weighted by Gasteiger charge is 2.31. The van der Waals surface area contributed by atoms with Crippen LogP contribution in [0.4, 0.5) is 0 Å². The number of β-amino-alcohol motifs (C(OH)–C–C–N with tert-alkyl or cyclic N) is 1. The largest absolute Gasteiger partial charge is 0.388 e. The van der Waals surface area contributed by atoms with Gasteiger partial charge in [-0.2, -0.15) is 0 Å². The first-order valence-electron chi connectivity index (χ1n) is 4.34. The van der Waals surface area contributed by atoms with Crippen LogP contribution in [0.5, 0.6) is 0 Å². The average Bonchev–Trinajstić information content (AvgIpc) is 2.62. The molecule has 1 unspecified atom stereocenters. The van der Waals surface area contributed by atoms with Crippen LogP contribution in [0.3, 0.4) is 0 Å². The molecule has 1 aromatic heterocycles. The number of hydrogen-bond acceptors (Lipinski definition) is 3. The summed E-state index contributed by atoms with van der Waals surface area (Å²) in [7, 11) is 0. The highest BCUT2D eigenvalue weighted by Crippen LogP contribution is 2.26. The molecule has 1 aromatic rings. The lowest BCUT2D eigenvalue weighted by atomic mass is 9.98. The first-order valence-corrected chi connectivity index (χ1v) is 5.60. The minimum Gasteiger partial charge on any atom is -0.388 e. The Morgan fingerprint density at radius 1 is 1.69 bits per heavy atom. The lowest BCUT2D eigenvalue weighted by molar-refractivity contribution is 0.0627. The van der Waals surface area contributed by atoms with E-state index in [-0.39, 0.29) is 0 Å². The van der Waals surface area contributed by atoms with Gasteiger partial charge in [-0.25, -0.2) is 0 Å². The van der Waals surface area contributed by atoms with E-state index < -0.39 is 5.60 Å². The Morgan fingerprint density at radius 3 is 3.08 bits per heavy atom. The molecule has 0 amide bonds. The van der Waals surface area contributed by atoms with E-state index in [1.807, 2.05) is 11.4 Å². The van der Waals surface area contributed by atoms with Gasteiger partial charge in [-0.15, -0.1) is 11.3 Å². The van der Waals surface area contributed by atoms with Crippen molar-refractivity contribution in [3.8, 4) is 0 Å². The Morgan fingerprint density at radius 2 is 2.54 bits per heavy atom. The third-order valence-electron chi connectivity index (χ3n) is 2.35. The second-order valence-corrected chi connectivity index (χ2v) is 4.99. The molecular weight excluding hydrogens is 206 g/mol. The number of hydrogen-bond donors (Lipinski definition) is 2. The van der Waals surface area contributed by atoms with Gasteiger partial charge in [0.1, 0.15) is 0 Å². The minimum absolute atomic E-state index is 0.547. The van der Waals surface area contributed by atoms with Gasteiger partial charge in [-0.1, -0.05) is 11.6 Å². The fourth-order valence-electron chi connectivity index (χ4n) is 1.65. The second-order valence-electron chi connectivity index (χ2n) is 3.56. The van der Waals surface area contributed by atoms with E-state index in [1.54, 1.807) is 11.3 Å². The highest BCUT2D eigenvalue weighted by atomic mass is 35.5. The van der Waals surface area contributed by atoms with Crippen LogP contribution in [0.15, 0.2) is 11.4 Å². The number of thiophene rings is 1. The van der Waals surface area contributed by atoms with Crippen molar-refractivity contribution in [1.82, 2.24) is 5.32 Å². The van der Waals surface area contributed by atoms with Gasteiger partial charge in [-0.05, 0) is 19.0 Å². The normalized spacial score (nSPS) is 28.2. The summed E-state index contributed by atoms with van der Waals surface area (Å²) in [6.07, 6.45) is 1.56. The molecule has 2 N–H and O–H groups in total. The number of aliphatic hydroxyl groups is 1. The van der Waals surface area contributed by atoms with Gasteiger partial charge >= 0.3 is 0 Å². The molecule has 2 nitrogen and oxygen atoms in total. The monoisotopic (exact) mass is 217 g/mol. The molecule has 1 fully saturated rings. The molecule has 72 valence electrons. The van der Waals surface area contributed by atoms with Crippen molar-refractivity contribution in [3.05, 3.63) is 21.3 Å². The summed E-state index contributed by atoms with van der Waals surface area (Å²) in [6, 6.07) is 1.93. The second kappa shape index (κ2) is 3.58. The maximum absolute atomic E-state index is 10.1. The van der Waals surface area contributed by atoms with Crippen LogP contribution in [-0.2, 0) is 6.42 Å². The molecule has 1 aliphatic rings. The third-order valence-corrected chi connectivity index (χ3v) is 3.63. The molecule has 1 saturated heterocycles. The molecule has 0 bridgehead atoms. The summed E-state index contributed by atoms with van der Waals surface area (Å²) in [4.78, 5) is 1.16. The van der Waals surface area contributed by atoms with Gasteiger partial charge in [-0.3, -0.25) is 0 Å². The third kappa shape index (κ3) is 2.23. The molecule has 1 aliphatic heterocycles. The molecule has 2 heterocycles. The van der Waals surface area contributed by atoms with Crippen molar-refractivity contribution in [1.29, 1.82) is 0 Å². The van der Waals surface area contributed by atoms with E-state index in [2.05, 4.69) is 5.32 Å². The van der Waals surface area contributed by atoms with Crippen molar-refractivity contribution in [3.63, 3.8) is 0 Å². The zero-order chi connectivity index (χ0) is 9.31. The molecule has 13 heavy (non-hydrogen) atoms. The molecule has 0 saturated carbocycles. The van der Waals surface area contributed by atoms with Crippen LogP contribution in [0, 0.1) is 0 Å². The minimum atomic E-state index is -0.547. The molecule has 0 spiro atoms. The van der Waals surface area contributed by atoms with Crippen molar-refractivity contribution < 1.29 is 5.11 Å². The van der Waals surface area contributed by atoms with Gasteiger partial charge in [0, 0.05) is 23.2 Å². The van der Waals surface area contributed by atoms with E-state index in [0.29, 0.717) is 6.54 Å². The first kappa shape index (κ1) is 9.46. The molecule has 0 radical (unpaired) electrons. The quantitative estimate of drug-likeness (QED) is 0.790. The van der Waals surface area contributed by atoms with Gasteiger partial charge in [0.2, 0.25) is 0 Å². The Kier molecular flexibility index (Phi) is 2.60. The first-order chi connectivity index (χ1) is 6.18. The van der Waals surface area contributed by atoms with Crippen LogP contribution in [-0.4, -0.2) is 23.8 Å². The van der Waals surface area contributed by atoms with Gasteiger partial charge < -0.3 is 10.4 Å². The summed E-state index contributed by atoms with van der Waals surface area (Å²) >= 11 is 7.42. The van der Waals surface area contributed by atoms with E-state index >= 15 is 0 Å². The zero-order valence-corrected chi connectivity index (χ0v) is 8.79. The van der Waals surface area contributed by atoms with Crippen molar-refractivity contribution in [2.45, 2.75) is 18.4 Å². The topological polar surface area (TPSA) is 32.3 Å². The molecule has 0 aliphatic carbocycles. The average molecular weight is 218 g/mol. The summed E-state index contributed by atoms with van der Waals surface area (Å²) in [5.74, 6) is 0. The van der Waals surface area contributed by atoms with Crippen molar-refractivity contribution in [2.75, 3.05) is 13.1 Å². The Labute approximate surface area is 86.5 Å². The van der Waals surface area contributed by atoms with Crippen LogP contribution >= 0.6 is 22.9 Å². The Balaban J connectivity index is 2.04. The molecule has 0 aromatic carbocycles. The number of halogens is 1. The number of nitrogens with one attached hydrogen (secondary N) is 1. The smallest absolute Gasteiger partial charge is 0.0831 e. The summed E-state index contributed by atoms with van der Waals surface area (Å²) in [5.41, 5.74) is -0.547. The molecule has 2 rings (SSSR count). The fourth-order valence-corrected chi connectivity index (χ4v) is 2.86. The van der Waals surface area contributed by atoms with Gasteiger partial charge in [0.05, 0.1) is 10.6 Å². The zero-order valence-electron chi connectivity index (χ0n) is 7.22. The van der Waals surface area contributed by atoms with Crippen LogP contribution in [0.2, 0.25) is 5.02 Å². The lowest BCUT2D eigenvalue weighted by Crippen LogP contribution is -2.33. The Hall–Kier alpha value is -0.0900. The fraction of sp³-hybridized carbons (Fsp3) is 0.556. The summed E-state index contributed by atoms with van der Waals surface area (Å²) in [5, 5.41) is 15.9. The van der Waals surface area contributed by atoms with Crippen LogP contribution in [0.1, 0.15) is 11.3 Å². The molecule has 1 atom stereocenters.